The zero-order valence-electron chi connectivity index (χ0n) is 18.2. The van der Waals surface area contributed by atoms with E-state index < -0.39 is 11.7 Å². The molecule has 3 aromatic carbocycles. The van der Waals surface area contributed by atoms with Gasteiger partial charge in [-0.25, -0.2) is 4.39 Å². The number of methoxy groups -OCH3 is 1. The van der Waals surface area contributed by atoms with Gasteiger partial charge in [0.2, 0.25) is 5.96 Å². The minimum atomic E-state index is -0.600. The molecule has 9 heteroatoms. The topological polar surface area (TPSA) is 78.5 Å². The summed E-state index contributed by atoms with van der Waals surface area (Å²) in [7, 11) is 1.53. The summed E-state index contributed by atoms with van der Waals surface area (Å²) in [5, 5.41) is 7.20. The maximum atomic E-state index is 13.5. The molecule has 0 radical (unpaired) electrons. The molecule has 4 aromatic rings. The first kappa shape index (κ1) is 23.6. The van der Waals surface area contributed by atoms with Crippen molar-refractivity contribution in [2.45, 2.75) is 6.42 Å². The van der Waals surface area contributed by atoms with Gasteiger partial charge < -0.3 is 15.0 Å². The average Bonchev–Trinajstić information content (AvgIpc) is 3.24. The smallest absolute Gasteiger partial charge is 0.258 e. The zero-order chi connectivity index (χ0) is 24.1. The van der Waals surface area contributed by atoms with Crippen LogP contribution < -0.4 is 15.4 Å². The molecule has 0 aliphatic carbocycles. The van der Waals surface area contributed by atoms with Crippen molar-refractivity contribution >= 4 is 51.7 Å². The minimum Gasteiger partial charge on any atom is -0.495 e. The first-order valence-corrected chi connectivity index (χ1v) is 11.2. The Morgan fingerprint density at radius 2 is 1.91 bits per heavy atom. The predicted molar refractivity (Wildman–Crippen MR) is 135 cm³/mol. The monoisotopic (exact) mass is 498 g/mol. The number of anilines is 1. The number of H-pyrrole nitrogens is 1. The van der Waals surface area contributed by atoms with E-state index in [9.17, 15) is 9.18 Å². The number of guanidine groups is 1. The number of amides is 1. The Labute approximate surface area is 205 Å². The van der Waals surface area contributed by atoms with Crippen molar-refractivity contribution in [1.82, 2.24) is 10.3 Å². The lowest BCUT2D eigenvalue weighted by Gasteiger charge is -2.13. The average molecular weight is 499 g/mol. The van der Waals surface area contributed by atoms with Gasteiger partial charge in [-0.2, -0.15) is 0 Å². The van der Waals surface area contributed by atoms with Crippen LogP contribution in [0.4, 0.5) is 10.1 Å². The molecule has 0 atom stereocenters. The third-order valence-electron chi connectivity index (χ3n) is 5.15. The molecular weight excluding hydrogens is 478 g/mol. The number of halogens is 3. The van der Waals surface area contributed by atoms with Gasteiger partial charge >= 0.3 is 0 Å². The maximum Gasteiger partial charge on any atom is 0.258 e. The highest BCUT2D eigenvalue weighted by atomic mass is 35.5. The molecule has 6 nitrogen and oxygen atoms in total. The van der Waals surface area contributed by atoms with E-state index >= 15 is 0 Å². The summed E-state index contributed by atoms with van der Waals surface area (Å²) < 4.78 is 18.7. The van der Waals surface area contributed by atoms with Gasteiger partial charge in [-0.15, -0.1) is 0 Å². The number of carbonyl (C=O) groups is 1. The second kappa shape index (κ2) is 10.6. The van der Waals surface area contributed by atoms with Crippen LogP contribution in [0.15, 0.2) is 71.9 Å². The van der Waals surface area contributed by atoms with E-state index in [1.807, 2.05) is 30.5 Å². The quantitative estimate of drug-likeness (QED) is 0.223. The lowest BCUT2D eigenvalue weighted by atomic mass is 10.1. The summed E-state index contributed by atoms with van der Waals surface area (Å²) in [6.45, 7) is 0.401. The molecule has 1 amide bonds. The number of aromatic nitrogens is 1. The fraction of sp³-hybridized carbons (Fsp3) is 0.120. The van der Waals surface area contributed by atoms with Crippen LogP contribution in [0, 0.1) is 5.82 Å². The Kier molecular flexibility index (Phi) is 7.35. The molecule has 0 aliphatic rings. The Hall–Kier alpha value is -3.55. The maximum absolute atomic E-state index is 13.5. The Morgan fingerprint density at radius 3 is 2.68 bits per heavy atom. The first-order chi connectivity index (χ1) is 16.4. The zero-order valence-corrected chi connectivity index (χ0v) is 19.7. The van der Waals surface area contributed by atoms with Crippen LogP contribution in [0.2, 0.25) is 10.0 Å². The van der Waals surface area contributed by atoms with Gasteiger partial charge in [-0.05, 0) is 54.4 Å². The van der Waals surface area contributed by atoms with Crippen LogP contribution in [0.3, 0.4) is 0 Å². The molecule has 0 spiro atoms. The number of para-hydroxylation sites is 1. The van der Waals surface area contributed by atoms with Gasteiger partial charge in [0, 0.05) is 34.9 Å². The van der Waals surface area contributed by atoms with Crippen molar-refractivity contribution in [3.8, 4) is 5.75 Å². The van der Waals surface area contributed by atoms with Crippen LogP contribution in [0.5, 0.6) is 5.75 Å². The number of hydrogen-bond donors (Lipinski definition) is 3. The van der Waals surface area contributed by atoms with Crippen LogP contribution in [0.25, 0.3) is 10.9 Å². The summed E-state index contributed by atoms with van der Waals surface area (Å²) in [4.78, 5) is 20.6. The number of carbonyl (C=O) groups excluding carboxylic acids is 1. The molecule has 34 heavy (non-hydrogen) atoms. The van der Waals surface area contributed by atoms with Crippen LogP contribution in [-0.2, 0) is 6.42 Å². The number of hydrogen-bond acceptors (Lipinski definition) is 3. The van der Waals surface area contributed by atoms with E-state index in [0.29, 0.717) is 29.4 Å². The standard InChI is InChI=1S/C25H21Cl2FN4O2/c1-34-23-9-7-17(13-20(23)27)31-25(32-24(33)15-6-8-21(28)19(26)12-15)29-11-10-16-14-30-22-5-3-2-4-18(16)22/h2-9,12-14,30H,10-11H2,1H3,(H2,29,31,32,33). The molecule has 0 unspecified atom stereocenters. The van der Waals surface area contributed by atoms with Crippen molar-refractivity contribution in [2.75, 3.05) is 19.0 Å². The summed E-state index contributed by atoms with van der Waals surface area (Å²) >= 11 is 12.1. The van der Waals surface area contributed by atoms with Gasteiger partial charge in [-0.3, -0.25) is 15.1 Å². The molecule has 1 aromatic heterocycles. The molecule has 1 heterocycles. The molecule has 0 bridgehead atoms. The Balaban J connectivity index is 1.55. The highest BCUT2D eigenvalue weighted by Gasteiger charge is 2.13. The molecule has 0 aliphatic heterocycles. The summed E-state index contributed by atoms with van der Waals surface area (Å²) in [6.07, 6.45) is 2.60. The molecular formula is C25H21Cl2FN4O2. The van der Waals surface area contributed by atoms with Gasteiger partial charge in [0.25, 0.3) is 5.91 Å². The number of aromatic amines is 1. The summed E-state index contributed by atoms with van der Waals surface area (Å²) in [5.74, 6) is -0.349. The van der Waals surface area contributed by atoms with Crippen molar-refractivity contribution in [1.29, 1.82) is 0 Å². The van der Waals surface area contributed by atoms with Gasteiger partial charge in [-0.1, -0.05) is 41.4 Å². The number of nitrogens with zero attached hydrogens (tertiary/aromatic N) is 1. The number of rotatable bonds is 6. The largest absolute Gasteiger partial charge is 0.495 e. The second-order valence-corrected chi connectivity index (χ2v) is 8.21. The highest BCUT2D eigenvalue weighted by molar-refractivity contribution is 6.32. The lowest BCUT2D eigenvalue weighted by Crippen LogP contribution is -2.36. The second-order valence-electron chi connectivity index (χ2n) is 7.40. The number of benzene rings is 3. The molecule has 4 rings (SSSR count). The molecule has 0 saturated carbocycles. The van der Waals surface area contributed by atoms with Crippen molar-refractivity contribution in [2.24, 2.45) is 4.99 Å². The van der Waals surface area contributed by atoms with E-state index in [1.54, 1.807) is 18.2 Å². The van der Waals surface area contributed by atoms with Crippen LogP contribution in [0.1, 0.15) is 15.9 Å². The molecule has 0 fully saturated rings. The van der Waals surface area contributed by atoms with E-state index in [2.05, 4.69) is 20.6 Å². The fourth-order valence-corrected chi connectivity index (χ4v) is 3.87. The van der Waals surface area contributed by atoms with E-state index in [-0.39, 0.29) is 16.5 Å². The predicted octanol–water partition coefficient (Wildman–Crippen LogP) is 6.06. The summed E-state index contributed by atoms with van der Waals surface area (Å²) in [6, 6.07) is 16.9. The molecule has 0 saturated heterocycles. The Morgan fingerprint density at radius 1 is 1.09 bits per heavy atom. The molecule has 3 N–H and O–H groups in total. The number of nitrogens with one attached hydrogen (secondary N) is 3. The summed E-state index contributed by atoms with van der Waals surface area (Å²) in [5.41, 5.74) is 2.97. The number of fused-ring (bicyclic) bond motifs is 1. The van der Waals surface area contributed by atoms with E-state index in [0.717, 1.165) is 22.5 Å². The SMILES string of the molecule is COc1ccc(NC(=NCCc2c[nH]c3ccccc23)NC(=O)c2ccc(F)c(Cl)c2)cc1Cl. The van der Waals surface area contributed by atoms with Crippen molar-refractivity contribution < 1.29 is 13.9 Å². The van der Waals surface area contributed by atoms with Crippen molar-refractivity contribution in [3.05, 3.63) is 93.8 Å². The van der Waals surface area contributed by atoms with Crippen LogP contribution in [-0.4, -0.2) is 30.5 Å². The number of ether oxygens (including phenoxy) is 1. The van der Waals surface area contributed by atoms with Crippen LogP contribution >= 0.6 is 23.2 Å². The highest BCUT2D eigenvalue weighted by Crippen LogP contribution is 2.27. The Bertz CT molecular complexity index is 1370. The lowest BCUT2D eigenvalue weighted by molar-refractivity contribution is 0.0977. The van der Waals surface area contributed by atoms with Gasteiger partial charge in [0.15, 0.2) is 0 Å². The first-order valence-electron chi connectivity index (χ1n) is 10.4. The van der Waals surface area contributed by atoms with Crippen molar-refractivity contribution in [3.63, 3.8) is 0 Å². The third kappa shape index (κ3) is 5.50. The van der Waals surface area contributed by atoms with E-state index in [1.165, 1.54) is 19.2 Å². The fourth-order valence-electron chi connectivity index (χ4n) is 3.43. The molecule has 174 valence electrons. The van der Waals surface area contributed by atoms with Gasteiger partial charge in [0.1, 0.15) is 11.6 Å². The van der Waals surface area contributed by atoms with Gasteiger partial charge in [0.05, 0.1) is 17.2 Å². The minimum absolute atomic E-state index is 0.139. The van der Waals surface area contributed by atoms with E-state index in [4.69, 9.17) is 27.9 Å². The number of aliphatic imine (C=N–C) groups is 1. The third-order valence-corrected chi connectivity index (χ3v) is 5.74. The normalized spacial score (nSPS) is 11.5.